The summed E-state index contributed by atoms with van der Waals surface area (Å²) < 4.78 is 5.36. The molecule has 0 unspecified atom stereocenters. The van der Waals surface area contributed by atoms with Crippen molar-refractivity contribution in [2.45, 2.75) is 19.3 Å². The van der Waals surface area contributed by atoms with Gasteiger partial charge in [0.1, 0.15) is 5.75 Å². The second kappa shape index (κ2) is 4.35. The molecule has 1 aliphatic rings. The number of carboxylic acid groups (broad SMARTS) is 1. The highest BCUT2D eigenvalue weighted by Crippen LogP contribution is 2.26. The van der Waals surface area contributed by atoms with Crippen LogP contribution in [0.25, 0.3) is 0 Å². The first-order chi connectivity index (χ1) is 7.66. The van der Waals surface area contributed by atoms with Crippen LogP contribution in [0.3, 0.4) is 0 Å². The van der Waals surface area contributed by atoms with Gasteiger partial charge in [0.05, 0.1) is 6.61 Å². The molecular weight excluding hydrogens is 208 g/mol. The molecule has 1 aromatic carbocycles. The smallest absolute Gasteiger partial charge is 0.372 e. The zero-order valence-electron chi connectivity index (χ0n) is 8.73. The largest absolute Gasteiger partial charge is 0.493 e. The van der Waals surface area contributed by atoms with Crippen LogP contribution >= 0.6 is 0 Å². The van der Waals surface area contributed by atoms with Gasteiger partial charge in [-0.1, -0.05) is 12.1 Å². The molecule has 0 radical (unpaired) electrons. The average molecular weight is 220 g/mol. The summed E-state index contributed by atoms with van der Waals surface area (Å²) in [6.07, 6.45) is 1.41. The Kier molecular flexibility index (Phi) is 2.90. The van der Waals surface area contributed by atoms with Crippen LogP contribution in [0.5, 0.6) is 5.75 Å². The molecule has 0 atom stereocenters. The number of ether oxygens (including phenoxy) is 1. The highest BCUT2D eigenvalue weighted by atomic mass is 16.5. The highest BCUT2D eigenvalue weighted by Gasteiger charge is 2.14. The maximum Gasteiger partial charge on any atom is 0.372 e. The Morgan fingerprint density at radius 2 is 2.19 bits per heavy atom. The third-order valence-corrected chi connectivity index (χ3v) is 2.63. The fraction of sp³-hybridized carbons (Fsp3) is 0.333. The Hall–Kier alpha value is -1.84. The van der Waals surface area contributed by atoms with Gasteiger partial charge in [-0.3, -0.25) is 4.79 Å². The summed E-state index contributed by atoms with van der Waals surface area (Å²) >= 11 is 0. The van der Waals surface area contributed by atoms with Crippen LogP contribution in [0.4, 0.5) is 0 Å². The van der Waals surface area contributed by atoms with Gasteiger partial charge in [0.2, 0.25) is 5.78 Å². The molecule has 0 spiro atoms. The normalized spacial score (nSPS) is 13.0. The summed E-state index contributed by atoms with van der Waals surface area (Å²) in [4.78, 5) is 21.3. The predicted octanol–water partition coefficient (Wildman–Crippen LogP) is 1.21. The monoisotopic (exact) mass is 220 g/mol. The van der Waals surface area contributed by atoms with Crippen molar-refractivity contribution < 1.29 is 19.4 Å². The second-order valence-electron chi connectivity index (χ2n) is 3.77. The fourth-order valence-corrected chi connectivity index (χ4v) is 1.76. The van der Waals surface area contributed by atoms with E-state index in [-0.39, 0.29) is 6.42 Å². The minimum atomic E-state index is -1.36. The van der Waals surface area contributed by atoms with E-state index in [9.17, 15) is 9.59 Å². The number of fused-ring (bicyclic) bond motifs is 1. The lowest BCUT2D eigenvalue weighted by Crippen LogP contribution is -2.12. The Morgan fingerprint density at radius 3 is 2.94 bits per heavy atom. The maximum atomic E-state index is 10.9. The number of ketones is 1. The van der Waals surface area contributed by atoms with Crippen LogP contribution in [0.2, 0.25) is 0 Å². The van der Waals surface area contributed by atoms with Crippen molar-refractivity contribution >= 4 is 11.8 Å². The standard InChI is InChI=1S/C12H12O4/c13-10(12(14)15)3-1-8-2-4-11-9(7-8)5-6-16-11/h2,4,7H,1,3,5-6H2,(H,14,15). The lowest BCUT2D eigenvalue weighted by Gasteiger charge is -2.02. The molecule has 1 aromatic rings. The number of carbonyl (C=O) groups is 2. The van der Waals surface area contributed by atoms with E-state index >= 15 is 0 Å². The molecule has 2 rings (SSSR count). The molecule has 16 heavy (non-hydrogen) atoms. The van der Waals surface area contributed by atoms with E-state index in [1.165, 1.54) is 0 Å². The molecule has 84 valence electrons. The first-order valence-electron chi connectivity index (χ1n) is 5.17. The molecule has 1 aliphatic heterocycles. The SMILES string of the molecule is O=C(O)C(=O)CCc1ccc2c(c1)CCO2. The third-order valence-electron chi connectivity index (χ3n) is 2.63. The zero-order valence-corrected chi connectivity index (χ0v) is 8.73. The van der Waals surface area contributed by atoms with E-state index in [1.54, 1.807) is 0 Å². The van der Waals surface area contributed by atoms with Crippen LogP contribution in [0.15, 0.2) is 18.2 Å². The summed E-state index contributed by atoms with van der Waals surface area (Å²) in [5.74, 6) is -1.20. The van der Waals surface area contributed by atoms with Gasteiger partial charge < -0.3 is 9.84 Å². The third kappa shape index (κ3) is 2.21. The van der Waals surface area contributed by atoms with Crippen molar-refractivity contribution in [3.05, 3.63) is 29.3 Å². The molecule has 0 saturated carbocycles. The average Bonchev–Trinajstić information content (AvgIpc) is 2.72. The van der Waals surface area contributed by atoms with Crippen molar-refractivity contribution in [1.82, 2.24) is 0 Å². The number of aryl methyl sites for hydroxylation is 1. The van der Waals surface area contributed by atoms with Crippen LogP contribution < -0.4 is 4.74 Å². The van der Waals surface area contributed by atoms with Crippen LogP contribution in [-0.4, -0.2) is 23.5 Å². The van der Waals surface area contributed by atoms with Crippen LogP contribution in [0.1, 0.15) is 17.5 Å². The fourth-order valence-electron chi connectivity index (χ4n) is 1.76. The summed E-state index contributed by atoms with van der Waals surface area (Å²) in [6.45, 7) is 0.701. The van der Waals surface area contributed by atoms with E-state index in [0.717, 1.165) is 23.3 Å². The van der Waals surface area contributed by atoms with Gasteiger partial charge in [-0.05, 0) is 23.6 Å². The first kappa shape index (κ1) is 10.7. The van der Waals surface area contributed by atoms with Gasteiger partial charge in [0, 0.05) is 12.8 Å². The Balaban J connectivity index is 2.00. The van der Waals surface area contributed by atoms with Gasteiger partial charge in [-0.15, -0.1) is 0 Å². The van der Waals surface area contributed by atoms with Crippen LogP contribution in [-0.2, 0) is 22.4 Å². The van der Waals surface area contributed by atoms with Gasteiger partial charge in [0.15, 0.2) is 0 Å². The summed E-state index contributed by atoms with van der Waals surface area (Å²) in [5, 5.41) is 8.45. The number of carbonyl (C=O) groups excluding carboxylic acids is 1. The van der Waals surface area contributed by atoms with E-state index in [0.29, 0.717) is 13.0 Å². The highest BCUT2D eigenvalue weighted by molar-refractivity contribution is 6.32. The molecule has 0 saturated heterocycles. The number of carboxylic acids is 1. The van der Waals surface area contributed by atoms with E-state index in [4.69, 9.17) is 9.84 Å². The topological polar surface area (TPSA) is 63.6 Å². The predicted molar refractivity (Wildman–Crippen MR) is 56.6 cm³/mol. The van der Waals surface area contributed by atoms with Crippen molar-refractivity contribution in [2.24, 2.45) is 0 Å². The molecule has 0 aromatic heterocycles. The molecule has 1 heterocycles. The Labute approximate surface area is 92.8 Å². The summed E-state index contributed by atoms with van der Waals surface area (Å²) in [6, 6.07) is 5.74. The van der Waals surface area contributed by atoms with E-state index in [2.05, 4.69) is 0 Å². The number of benzene rings is 1. The van der Waals surface area contributed by atoms with Gasteiger partial charge in [0.25, 0.3) is 0 Å². The van der Waals surface area contributed by atoms with Crippen molar-refractivity contribution in [3.63, 3.8) is 0 Å². The lowest BCUT2D eigenvalue weighted by atomic mass is 10.0. The molecule has 4 nitrogen and oxygen atoms in total. The molecule has 1 N–H and O–H groups in total. The lowest BCUT2D eigenvalue weighted by molar-refractivity contribution is -0.149. The molecule has 0 fully saturated rings. The Bertz CT molecular complexity index is 437. The number of hydrogen-bond acceptors (Lipinski definition) is 3. The maximum absolute atomic E-state index is 10.9. The minimum absolute atomic E-state index is 0.0506. The van der Waals surface area contributed by atoms with Crippen molar-refractivity contribution in [1.29, 1.82) is 0 Å². The minimum Gasteiger partial charge on any atom is -0.493 e. The first-order valence-corrected chi connectivity index (χ1v) is 5.17. The van der Waals surface area contributed by atoms with Gasteiger partial charge >= 0.3 is 5.97 Å². The number of Topliss-reactive ketones (excluding diaryl/α,β-unsaturated/α-hetero) is 1. The zero-order chi connectivity index (χ0) is 11.5. The number of aliphatic carboxylic acids is 1. The van der Waals surface area contributed by atoms with Gasteiger partial charge in [-0.25, -0.2) is 4.79 Å². The molecule has 0 amide bonds. The molecule has 0 aliphatic carbocycles. The number of hydrogen-bond donors (Lipinski definition) is 1. The van der Waals surface area contributed by atoms with Crippen molar-refractivity contribution in [2.75, 3.05) is 6.61 Å². The van der Waals surface area contributed by atoms with E-state index < -0.39 is 11.8 Å². The molecule has 4 heteroatoms. The summed E-state index contributed by atoms with van der Waals surface area (Å²) in [5.41, 5.74) is 2.12. The van der Waals surface area contributed by atoms with Crippen LogP contribution in [0, 0.1) is 0 Å². The Morgan fingerprint density at radius 1 is 1.38 bits per heavy atom. The summed E-state index contributed by atoms with van der Waals surface area (Å²) in [7, 11) is 0. The molecular formula is C12H12O4. The quantitative estimate of drug-likeness (QED) is 0.774. The van der Waals surface area contributed by atoms with Gasteiger partial charge in [-0.2, -0.15) is 0 Å². The number of rotatable bonds is 4. The van der Waals surface area contributed by atoms with Crippen molar-refractivity contribution in [3.8, 4) is 5.75 Å². The van der Waals surface area contributed by atoms with E-state index in [1.807, 2.05) is 18.2 Å². The molecule has 0 bridgehead atoms. The second-order valence-corrected chi connectivity index (χ2v) is 3.77.